The third-order valence-electron chi connectivity index (χ3n) is 6.04. The van der Waals surface area contributed by atoms with E-state index in [0.29, 0.717) is 9.54 Å². The molecular weight excluding hydrogens is 498 g/mol. The van der Waals surface area contributed by atoms with Gasteiger partial charge in [-0.3, -0.25) is 0 Å². The van der Waals surface area contributed by atoms with Crippen molar-refractivity contribution in [3.8, 4) is 11.1 Å². The maximum atomic E-state index is 2.43. The molecule has 0 heterocycles. The van der Waals surface area contributed by atoms with Gasteiger partial charge in [-0.05, 0) is 0 Å². The number of halogens is 2. The van der Waals surface area contributed by atoms with Gasteiger partial charge in [0.1, 0.15) is 0 Å². The number of hydrogen-bond acceptors (Lipinski definition) is 0. The van der Waals surface area contributed by atoms with Crippen LogP contribution >= 0.6 is 24.8 Å². The predicted molar refractivity (Wildman–Crippen MR) is 136 cm³/mol. The van der Waals surface area contributed by atoms with Gasteiger partial charge in [-0.2, -0.15) is 0 Å². The summed E-state index contributed by atoms with van der Waals surface area (Å²) in [6.07, 6.45) is 4.86. The smallest absolute Gasteiger partial charge is 0.147 e. The standard InChI is InChI=1S/C25H19.C3H6.2ClH.Zr/c1-17-14-20(18-8-3-2-4-9-18)16-24(17)23-13-7-12-22-21-11-6-5-10-19(21)15-25(22)23;1-3-2;;;/h2-17H,1H3;1-2H3;2*1H;. The molecular formula is C28H27Cl2Zr. The van der Waals surface area contributed by atoms with E-state index in [1.807, 2.05) is 0 Å². The zero-order valence-electron chi connectivity index (χ0n) is 18.1. The monoisotopic (exact) mass is 523 g/mol. The van der Waals surface area contributed by atoms with Crippen LogP contribution < -0.4 is 0 Å². The Morgan fingerprint density at radius 1 is 0.742 bits per heavy atom. The zero-order chi connectivity index (χ0) is 20.0. The van der Waals surface area contributed by atoms with Crippen LogP contribution in [0.25, 0.3) is 22.3 Å². The minimum atomic E-state index is -0.679. The minimum Gasteiger partial charge on any atom is -0.147 e. The molecule has 0 nitrogen and oxygen atoms in total. The number of hydrogen-bond donors (Lipinski definition) is 0. The van der Waals surface area contributed by atoms with Gasteiger partial charge in [0.25, 0.3) is 0 Å². The van der Waals surface area contributed by atoms with Crippen LogP contribution in [0.3, 0.4) is 0 Å². The minimum absolute atomic E-state index is 0. The van der Waals surface area contributed by atoms with Crippen LogP contribution in [0.4, 0.5) is 0 Å². The summed E-state index contributed by atoms with van der Waals surface area (Å²) < 4.78 is 2.28. The molecule has 0 aliphatic heterocycles. The molecule has 2 aliphatic rings. The van der Waals surface area contributed by atoms with Crippen molar-refractivity contribution in [1.82, 2.24) is 0 Å². The Kier molecular flexibility index (Phi) is 7.74. The molecule has 3 aromatic rings. The van der Waals surface area contributed by atoms with Crippen LogP contribution in [0.1, 0.15) is 46.7 Å². The third kappa shape index (κ3) is 4.38. The van der Waals surface area contributed by atoms with Crippen molar-refractivity contribution in [3.05, 3.63) is 107 Å². The summed E-state index contributed by atoms with van der Waals surface area (Å²) in [5.74, 6) is 0.443. The summed E-state index contributed by atoms with van der Waals surface area (Å²) in [6, 6.07) is 26.9. The average Bonchev–Trinajstić information content (AvgIpc) is 3.27. The number of benzene rings is 3. The van der Waals surface area contributed by atoms with Gasteiger partial charge < -0.3 is 0 Å². The normalized spacial score (nSPS) is 17.9. The summed E-state index contributed by atoms with van der Waals surface area (Å²) >= 11 is -0.679. The molecule has 3 heteroatoms. The largest absolute Gasteiger partial charge is 0.147 e. The van der Waals surface area contributed by atoms with Crippen LogP contribution in [0.2, 0.25) is 0 Å². The summed E-state index contributed by atoms with van der Waals surface area (Å²) in [5, 5.41) is 0. The molecule has 0 spiro atoms. The van der Waals surface area contributed by atoms with E-state index < -0.39 is 22.8 Å². The first kappa shape index (κ1) is 24.1. The molecule has 3 aromatic carbocycles. The van der Waals surface area contributed by atoms with Crippen molar-refractivity contribution in [2.45, 2.75) is 24.4 Å². The van der Waals surface area contributed by atoms with E-state index in [1.54, 1.807) is 14.3 Å². The Balaban J connectivity index is 0.00000136. The summed E-state index contributed by atoms with van der Waals surface area (Å²) in [4.78, 5) is 0. The quantitative estimate of drug-likeness (QED) is 0.325. The van der Waals surface area contributed by atoms with E-state index in [9.17, 15) is 0 Å². The zero-order valence-corrected chi connectivity index (χ0v) is 22.1. The summed E-state index contributed by atoms with van der Waals surface area (Å²) in [7, 11) is 0. The van der Waals surface area contributed by atoms with Gasteiger partial charge in [-0.15, -0.1) is 24.8 Å². The van der Waals surface area contributed by atoms with Crippen molar-refractivity contribution in [1.29, 1.82) is 0 Å². The Labute approximate surface area is 209 Å². The van der Waals surface area contributed by atoms with Gasteiger partial charge in [0.05, 0.1) is 0 Å². The van der Waals surface area contributed by atoms with E-state index in [0.717, 1.165) is 0 Å². The van der Waals surface area contributed by atoms with Gasteiger partial charge >= 0.3 is 186 Å². The maximum absolute atomic E-state index is 2.43. The Morgan fingerprint density at radius 2 is 1.39 bits per heavy atom. The second-order valence-corrected chi connectivity index (χ2v) is 12.9. The molecule has 2 aliphatic carbocycles. The van der Waals surface area contributed by atoms with Crippen molar-refractivity contribution in [3.63, 3.8) is 0 Å². The van der Waals surface area contributed by atoms with Crippen LogP contribution in [0.5, 0.6) is 0 Å². The van der Waals surface area contributed by atoms with Crippen LogP contribution in [0, 0.1) is 5.92 Å². The molecule has 0 radical (unpaired) electrons. The van der Waals surface area contributed by atoms with E-state index in [-0.39, 0.29) is 24.8 Å². The molecule has 2 unspecified atom stereocenters. The predicted octanol–water partition coefficient (Wildman–Crippen LogP) is 8.01. The first-order valence-electron chi connectivity index (χ1n) is 10.4. The molecule has 0 saturated heterocycles. The van der Waals surface area contributed by atoms with Gasteiger partial charge in [-0.1, -0.05) is 0 Å². The molecule has 0 fully saturated rings. The van der Waals surface area contributed by atoms with Crippen LogP contribution in [-0.2, 0) is 22.8 Å². The average molecular weight is 526 g/mol. The van der Waals surface area contributed by atoms with E-state index in [1.165, 1.54) is 33.4 Å². The topological polar surface area (TPSA) is 0 Å². The number of allylic oxidation sites excluding steroid dienone is 4. The SMILES string of the molecule is C[C](C)=[Zr][CH]1c2ccccc2-c2cccc(C3=CC(c4ccccc4)=CC3C)c21.Cl.Cl. The first-order valence-corrected chi connectivity index (χ1v) is 13.1. The molecule has 0 aromatic heterocycles. The second-order valence-electron chi connectivity index (χ2n) is 8.31. The maximum Gasteiger partial charge on any atom is -0.147 e. The molecule has 0 N–H and O–H groups in total. The molecule has 2 atom stereocenters. The molecule has 0 bridgehead atoms. The number of fused-ring (bicyclic) bond motifs is 3. The van der Waals surface area contributed by atoms with Gasteiger partial charge in [0.2, 0.25) is 0 Å². The number of rotatable bonds is 3. The second kappa shape index (κ2) is 9.95. The Hall–Kier alpha value is -1.53. The fourth-order valence-corrected chi connectivity index (χ4v) is 8.33. The molecule has 157 valence electrons. The summed E-state index contributed by atoms with van der Waals surface area (Å²) in [6.45, 7) is 7.01. The van der Waals surface area contributed by atoms with Crippen LogP contribution in [-0.4, -0.2) is 3.21 Å². The van der Waals surface area contributed by atoms with Crippen molar-refractivity contribution < 1.29 is 22.8 Å². The Bertz CT molecular complexity index is 1180. The Morgan fingerprint density at radius 3 is 2.13 bits per heavy atom. The van der Waals surface area contributed by atoms with Crippen molar-refractivity contribution in [2.75, 3.05) is 0 Å². The molecule has 31 heavy (non-hydrogen) atoms. The van der Waals surface area contributed by atoms with Gasteiger partial charge in [-0.25, -0.2) is 0 Å². The fraction of sp³-hybridized carbons (Fsp3) is 0.179. The molecule has 0 saturated carbocycles. The van der Waals surface area contributed by atoms with E-state index >= 15 is 0 Å². The van der Waals surface area contributed by atoms with E-state index in [4.69, 9.17) is 0 Å². The molecule has 5 rings (SSSR count). The van der Waals surface area contributed by atoms with E-state index in [2.05, 4.69) is 106 Å². The first-order chi connectivity index (χ1) is 14.1. The van der Waals surface area contributed by atoms with Gasteiger partial charge in [0, 0.05) is 0 Å². The third-order valence-corrected chi connectivity index (χ3v) is 9.64. The van der Waals surface area contributed by atoms with Crippen molar-refractivity contribution in [2.24, 2.45) is 5.92 Å². The molecule has 0 amide bonds. The van der Waals surface area contributed by atoms with Crippen molar-refractivity contribution >= 4 is 39.2 Å². The van der Waals surface area contributed by atoms with Gasteiger partial charge in [0.15, 0.2) is 0 Å². The summed E-state index contributed by atoms with van der Waals surface area (Å²) in [5.41, 5.74) is 11.7. The van der Waals surface area contributed by atoms with Crippen LogP contribution in [0.15, 0.2) is 84.9 Å². The fourth-order valence-electron chi connectivity index (χ4n) is 4.79.